The van der Waals surface area contributed by atoms with E-state index in [2.05, 4.69) is 45.6 Å². The molecule has 0 saturated carbocycles. The van der Waals surface area contributed by atoms with Crippen LogP contribution in [0.15, 0.2) is 94.3 Å². The lowest BCUT2D eigenvalue weighted by Gasteiger charge is -2.18. The fourth-order valence-electron chi connectivity index (χ4n) is 5.08. The monoisotopic (exact) mass is 699 g/mol. The number of hydrogen-bond donors (Lipinski definition) is 3. The molecular weight excluding hydrogens is 670 g/mol. The van der Waals surface area contributed by atoms with E-state index in [-0.39, 0.29) is 22.1 Å². The quantitative estimate of drug-likeness (QED) is 0.148. The zero-order valence-corrected chi connectivity index (χ0v) is 27.7. The van der Waals surface area contributed by atoms with E-state index in [1.54, 1.807) is 41.8 Å². The predicted molar refractivity (Wildman–Crippen MR) is 185 cm³/mol. The van der Waals surface area contributed by atoms with Crippen LogP contribution in [0.25, 0.3) is 22.0 Å². The normalized spacial score (nSPS) is 11.7. The molecule has 0 aliphatic rings. The van der Waals surface area contributed by atoms with Crippen LogP contribution in [0.1, 0.15) is 51.3 Å². The molecule has 0 unspecified atom stereocenters. The van der Waals surface area contributed by atoms with Crippen molar-refractivity contribution >= 4 is 61.9 Å². The van der Waals surface area contributed by atoms with Crippen molar-refractivity contribution in [2.75, 3.05) is 5.32 Å². The van der Waals surface area contributed by atoms with Gasteiger partial charge in [-0.3, -0.25) is 14.4 Å². The molecule has 2 amide bonds. The summed E-state index contributed by atoms with van der Waals surface area (Å²) < 4.78 is 1.88. The lowest BCUT2D eigenvalue weighted by molar-refractivity contribution is -0.117. The van der Waals surface area contributed by atoms with Crippen LogP contribution in [-0.4, -0.2) is 33.5 Å². The van der Waals surface area contributed by atoms with Gasteiger partial charge in [-0.25, -0.2) is 4.79 Å². The number of halogens is 2. The largest absolute Gasteiger partial charge is 0.477 e. The summed E-state index contributed by atoms with van der Waals surface area (Å²) in [5, 5.41) is 15.9. The Morgan fingerprint density at radius 2 is 1.57 bits per heavy atom. The van der Waals surface area contributed by atoms with E-state index < -0.39 is 34.8 Å². The molecule has 8 nitrogen and oxygen atoms in total. The number of carboxylic acid groups (broad SMARTS) is 1. The van der Waals surface area contributed by atoms with E-state index >= 15 is 0 Å². The molecule has 10 heteroatoms. The van der Waals surface area contributed by atoms with Crippen molar-refractivity contribution in [3.05, 3.63) is 133 Å². The number of carboxylic acids is 1. The highest BCUT2D eigenvalue weighted by Gasteiger charge is 2.22. The van der Waals surface area contributed by atoms with Gasteiger partial charge in [0.2, 0.25) is 11.3 Å². The van der Waals surface area contributed by atoms with E-state index in [0.29, 0.717) is 16.1 Å². The first-order valence-corrected chi connectivity index (χ1v) is 15.8. The number of nitrogens with one attached hydrogen (secondary N) is 2. The molecule has 5 aromatic rings. The van der Waals surface area contributed by atoms with Crippen molar-refractivity contribution in [1.29, 1.82) is 0 Å². The number of aromatic carboxylic acids is 1. The first kappa shape index (κ1) is 32.7. The van der Waals surface area contributed by atoms with Gasteiger partial charge < -0.3 is 20.3 Å². The minimum atomic E-state index is -1.37. The predicted octanol–water partition coefficient (Wildman–Crippen LogP) is 7.46. The van der Waals surface area contributed by atoms with E-state index in [4.69, 9.17) is 11.6 Å². The minimum absolute atomic E-state index is 0.0945. The molecule has 0 bridgehead atoms. The number of fused-ring (bicyclic) bond motifs is 1. The maximum Gasteiger partial charge on any atom is 0.341 e. The molecular formula is C36H31BrClN3O5. The highest BCUT2D eigenvalue weighted by molar-refractivity contribution is 9.10. The highest BCUT2D eigenvalue weighted by Crippen LogP contribution is 2.31. The number of anilines is 1. The molecule has 46 heavy (non-hydrogen) atoms. The first-order chi connectivity index (χ1) is 22.0. The third-order valence-electron chi connectivity index (χ3n) is 7.85. The maximum atomic E-state index is 13.3. The molecule has 0 aliphatic carbocycles. The van der Waals surface area contributed by atoms with Crippen LogP contribution in [0.5, 0.6) is 0 Å². The van der Waals surface area contributed by atoms with Crippen LogP contribution in [-0.2, 0) is 17.8 Å². The Balaban J connectivity index is 1.35. The smallest absolute Gasteiger partial charge is 0.341 e. The molecule has 1 heterocycles. The Kier molecular flexibility index (Phi) is 9.74. The molecule has 4 aromatic carbocycles. The molecule has 3 N–H and O–H groups in total. The number of benzene rings is 4. The summed E-state index contributed by atoms with van der Waals surface area (Å²) >= 11 is 9.73. The van der Waals surface area contributed by atoms with Gasteiger partial charge in [-0.1, -0.05) is 67.1 Å². The van der Waals surface area contributed by atoms with E-state index in [1.165, 1.54) is 11.8 Å². The van der Waals surface area contributed by atoms with Crippen LogP contribution < -0.4 is 16.1 Å². The molecule has 0 saturated heterocycles. The van der Waals surface area contributed by atoms with Gasteiger partial charge in [-0.05, 0) is 94.3 Å². The SMILES string of the molecule is CCc1ccc(-c2ccc(C(=O)N[C@@H](C)C(=O)Nc3ccc4c(c3Br)c(=O)c(C(=O)O)cn4Cc3ccc(C)c(Cl)c3)cc2)cc1. The molecule has 5 rings (SSSR count). The summed E-state index contributed by atoms with van der Waals surface area (Å²) in [7, 11) is 0. The number of aromatic nitrogens is 1. The van der Waals surface area contributed by atoms with Crippen LogP contribution in [0.3, 0.4) is 0 Å². The number of carbonyl (C=O) groups is 3. The second-order valence-electron chi connectivity index (χ2n) is 11.0. The summed E-state index contributed by atoms with van der Waals surface area (Å²) in [4.78, 5) is 51.4. The average Bonchev–Trinajstić information content (AvgIpc) is 3.04. The Hall–Kier alpha value is -4.73. The second kappa shape index (κ2) is 13.7. The number of hydrogen-bond acceptors (Lipinski definition) is 4. The number of amides is 2. The van der Waals surface area contributed by atoms with Gasteiger partial charge in [-0.2, -0.15) is 0 Å². The summed E-state index contributed by atoms with van der Waals surface area (Å²) in [5.74, 6) is -2.31. The van der Waals surface area contributed by atoms with Crippen LogP contribution in [0.2, 0.25) is 5.02 Å². The third kappa shape index (κ3) is 6.90. The van der Waals surface area contributed by atoms with Gasteiger partial charge in [-0.15, -0.1) is 0 Å². The van der Waals surface area contributed by atoms with Gasteiger partial charge in [0.25, 0.3) is 5.91 Å². The first-order valence-electron chi connectivity index (χ1n) is 14.6. The van der Waals surface area contributed by atoms with Gasteiger partial charge in [0.1, 0.15) is 11.6 Å². The number of rotatable bonds is 9. The lowest BCUT2D eigenvalue weighted by Crippen LogP contribution is -2.41. The Bertz CT molecular complexity index is 2040. The number of pyridine rings is 1. The van der Waals surface area contributed by atoms with Gasteiger partial charge in [0, 0.05) is 23.3 Å². The van der Waals surface area contributed by atoms with Crippen LogP contribution >= 0.6 is 27.5 Å². The van der Waals surface area contributed by atoms with E-state index in [1.807, 2.05) is 43.3 Å². The average molecular weight is 701 g/mol. The van der Waals surface area contributed by atoms with Gasteiger partial charge in [0.15, 0.2) is 0 Å². The zero-order valence-electron chi connectivity index (χ0n) is 25.4. The molecule has 0 aliphatic heterocycles. The van der Waals surface area contributed by atoms with Crippen molar-refractivity contribution in [1.82, 2.24) is 9.88 Å². The zero-order chi connectivity index (χ0) is 33.1. The maximum absolute atomic E-state index is 13.3. The standard InChI is InChI=1S/C36H31BrClN3O5/c1-4-22-7-9-24(10-8-22)25-11-13-26(14-12-25)35(44)39-21(3)34(43)40-29-15-16-30-31(32(29)37)33(42)27(36(45)46)19-41(30)18-23-6-5-20(2)28(38)17-23/h5-17,19,21H,4,18H2,1-3H3,(H,39,44)(H,40,43)(H,45,46)/t21-/m0/s1. The second-order valence-corrected chi connectivity index (χ2v) is 12.2. The number of nitrogens with zero attached hydrogens (tertiary/aromatic N) is 1. The fraction of sp³-hybridized carbons (Fsp3) is 0.167. The fourth-order valence-corrected chi connectivity index (χ4v) is 5.90. The Labute approximate surface area is 279 Å². The molecule has 0 spiro atoms. The summed E-state index contributed by atoms with van der Waals surface area (Å²) in [6, 6.07) is 23.2. The lowest BCUT2D eigenvalue weighted by atomic mass is 10.0. The van der Waals surface area contributed by atoms with Crippen molar-refractivity contribution < 1.29 is 19.5 Å². The summed E-state index contributed by atoms with van der Waals surface area (Å²) in [6.45, 7) is 5.79. The van der Waals surface area contributed by atoms with Crippen LogP contribution in [0, 0.1) is 6.92 Å². The van der Waals surface area contributed by atoms with Crippen LogP contribution in [0.4, 0.5) is 5.69 Å². The summed E-state index contributed by atoms with van der Waals surface area (Å²) in [6.07, 6.45) is 2.26. The Morgan fingerprint density at radius 3 is 2.17 bits per heavy atom. The van der Waals surface area contributed by atoms with Gasteiger partial charge in [0.05, 0.1) is 21.1 Å². The topological polar surface area (TPSA) is 118 Å². The molecule has 0 fully saturated rings. The minimum Gasteiger partial charge on any atom is -0.477 e. The molecule has 1 atom stereocenters. The van der Waals surface area contributed by atoms with E-state index in [9.17, 15) is 24.3 Å². The highest BCUT2D eigenvalue weighted by atomic mass is 79.9. The van der Waals surface area contributed by atoms with Crippen molar-refractivity contribution in [3.8, 4) is 11.1 Å². The third-order valence-corrected chi connectivity index (χ3v) is 9.08. The molecule has 1 aromatic heterocycles. The summed E-state index contributed by atoms with van der Waals surface area (Å²) in [5.41, 5.74) is 4.97. The van der Waals surface area contributed by atoms with Crippen molar-refractivity contribution in [2.45, 2.75) is 39.8 Å². The van der Waals surface area contributed by atoms with Gasteiger partial charge >= 0.3 is 5.97 Å². The van der Waals surface area contributed by atoms with Crippen molar-refractivity contribution in [2.24, 2.45) is 0 Å². The van der Waals surface area contributed by atoms with Crippen molar-refractivity contribution in [3.63, 3.8) is 0 Å². The molecule has 0 radical (unpaired) electrons. The number of aryl methyl sites for hydroxylation is 2. The molecule has 234 valence electrons. The Morgan fingerprint density at radius 1 is 0.935 bits per heavy atom. The number of carbonyl (C=O) groups excluding carboxylic acids is 2. The van der Waals surface area contributed by atoms with E-state index in [0.717, 1.165) is 28.7 Å².